The standard InChI is InChI=1S/C18H20N2O3S/c1-12-10-15(11-17(13(12)2)24(22,23)19-3)18(21)20-9-8-14-6-4-5-7-16(14)20/h4-7,10-11,19H,8-9H2,1-3H3. The van der Waals surface area contributed by atoms with Crippen LogP contribution in [0.1, 0.15) is 27.0 Å². The number of nitrogens with zero attached hydrogens (tertiary/aromatic N) is 1. The number of anilines is 1. The summed E-state index contributed by atoms with van der Waals surface area (Å²) >= 11 is 0. The van der Waals surface area contributed by atoms with Crippen LogP contribution in [-0.4, -0.2) is 27.9 Å². The Hall–Kier alpha value is -2.18. The lowest BCUT2D eigenvalue weighted by Crippen LogP contribution is -2.29. The van der Waals surface area contributed by atoms with Gasteiger partial charge in [-0.25, -0.2) is 13.1 Å². The van der Waals surface area contributed by atoms with E-state index in [9.17, 15) is 13.2 Å². The SMILES string of the molecule is CNS(=O)(=O)c1cc(C(=O)N2CCc3ccccc32)cc(C)c1C. The lowest BCUT2D eigenvalue weighted by Gasteiger charge is -2.19. The summed E-state index contributed by atoms with van der Waals surface area (Å²) < 4.78 is 26.8. The van der Waals surface area contributed by atoms with Crippen molar-refractivity contribution in [2.45, 2.75) is 25.2 Å². The van der Waals surface area contributed by atoms with E-state index in [1.54, 1.807) is 17.9 Å². The summed E-state index contributed by atoms with van der Waals surface area (Å²) in [6.07, 6.45) is 0.814. The second-order valence-corrected chi connectivity index (χ2v) is 7.81. The highest BCUT2D eigenvalue weighted by Gasteiger charge is 2.27. The molecule has 1 amide bonds. The molecule has 2 aromatic rings. The minimum atomic E-state index is -3.61. The summed E-state index contributed by atoms with van der Waals surface area (Å²) in [7, 11) is -2.24. The van der Waals surface area contributed by atoms with Crippen LogP contribution in [0.5, 0.6) is 0 Å². The number of rotatable bonds is 3. The predicted octanol–water partition coefficient (Wildman–Crippen LogP) is 2.41. The van der Waals surface area contributed by atoms with Crippen molar-refractivity contribution in [3.05, 3.63) is 58.7 Å². The van der Waals surface area contributed by atoms with Crippen LogP contribution in [0.25, 0.3) is 0 Å². The van der Waals surface area contributed by atoms with E-state index < -0.39 is 10.0 Å². The van der Waals surface area contributed by atoms with Crippen molar-refractivity contribution >= 4 is 21.6 Å². The smallest absolute Gasteiger partial charge is 0.258 e. The molecule has 0 fully saturated rings. The first-order valence-corrected chi connectivity index (χ1v) is 9.28. The number of nitrogens with one attached hydrogen (secondary N) is 1. The van der Waals surface area contributed by atoms with E-state index in [4.69, 9.17) is 0 Å². The number of hydrogen-bond donors (Lipinski definition) is 1. The number of carbonyl (C=O) groups is 1. The molecule has 126 valence electrons. The van der Waals surface area contributed by atoms with Crippen molar-refractivity contribution in [3.63, 3.8) is 0 Å². The van der Waals surface area contributed by atoms with Crippen molar-refractivity contribution in [1.29, 1.82) is 0 Å². The topological polar surface area (TPSA) is 66.5 Å². The second-order valence-electron chi connectivity index (χ2n) is 5.96. The summed E-state index contributed by atoms with van der Waals surface area (Å²) in [6, 6.07) is 11.0. The van der Waals surface area contributed by atoms with Gasteiger partial charge in [0.05, 0.1) is 4.90 Å². The fourth-order valence-corrected chi connectivity index (χ4v) is 4.11. The van der Waals surface area contributed by atoms with Gasteiger partial charge < -0.3 is 4.90 Å². The molecule has 0 aliphatic carbocycles. The van der Waals surface area contributed by atoms with Crippen LogP contribution >= 0.6 is 0 Å². The zero-order valence-corrected chi connectivity index (χ0v) is 14.8. The molecule has 0 saturated carbocycles. The largest absolute Gasteiger partial charge is 0.308 e. The van der Waals surface area contributed by atoms with E-state index in [-0.39, 0.29) is 10.8 Å². The van der Waals surface area contributed by atoms with Crippen molar-refractivity contribution in [1.82, 2.24) is 4.72 Å². The molecular formula is C18H20N2O3S. The Labute approximate surface area is 142 Å². The molecule has 0 saturated heterocycles. The van der Waals surface area contributed by atoms with Gasteiger partial charge in [-0.15, -0.1) is 0 Å². The average Bonchev–Trinajstić information content (AvgIpc) is 3.00. The van der Waals surface area contributed by atoms with Crippen molar-refractivity contribution in [2.75, 3.05) is 18.5 Å². The molecule has 6 heteroatoms. The Balaban J connectivity index is 2.06. The van der Waals surface area contributed by atoms with Crippen LogP contribution < -0.4 is 9.62 Å². The fraction of sp³-hybridized carbons (Fsp3) is 0.278. The van der Waals surface area contributed by atoms with Gasteiger partial charge >= 0.3 is 0 Å². The van der Waals surface area contributed by atoms with Crippen LogP contribution in [0.3, 0.4) is 0 Å². The molecule has 1 N–H and O–H groups in total. The van der Waals surface area contributed by atoms with Crippen LogP contribution in [0, 0.1) is 13.8 Å². The zero-order chi connectivity index (χ0) is 17.5. The number of sulfonamides is 1. The molecule has 5 nitrogen and oxygen atoms in total. The van der Waals surface area contributed by atoms with E-state index in [0.29, 0.717) is 17.7 Å². The highest BCUT2D eigenvalue weighted by molar-refractivity contribution is 7.89. The normalized spacial score (nSPS) is 13.9. The highest BCUT2D eigenvalue weighted by Crippen LogP contribution is 2.30. The molecule has 1 aliphatic rings. The van der Waals surface area contributed by atoms with Gasteiger partial charge in [-0.2, -0.15) is 0 Å². The summed E-state index contributed by atoms with van der Waals surface area (Å²) in [5, 5.41) is 0. The van der Waals surface area contributed by atoms with E-state index >= 15 is 0 Å². The van der Waals surface area contributed by atoms with Gasteiger partial charge in [0.2, 0.25) is 10.0 Å². The van der Waals surface area contributed by atoms with Gasteiger partial charge in [-0.05, 0) is 62.2 Å². The molecule has 2 aromatic carbocycles. The molecule has 0 aromatic heterocycles. The van der Waals surface area contributed by atoms with Gasteiger partial charge in [0, 0.05) is 17.8 Å². The Bertz CT molecular complexity index is 920. The second kappa shape index (κ2) is 6.03. The monoisotopic (exact) mass is 344 g/mol. The Morgan fingerprint density at radius 2 is 1.88 bits per heavy atom. The van der Waals surface area contributed by atoms with Crippen LogP contribution in [0.2, 0.25) is 0 Å². The van der Waals surface area contributed by atoms with Gasteiger partial charge in [0.15, 0.2) is 0 Å². The quantitative estimate of drug-likeness (QED) is 0.930. The summed E-state index contributed by atoms with van der Waals surface area (Å²) in [5.74, 6) is -0.171. The van der Waals surface area contributed by atoms with Crippen LogP contribution in [0.4, 0.5) is 5.69 Å². The van der Waals surface area contributed by atoms with Crippen molar-refractivity contribution in [3.8, 4) is 0 Å². The molecule has 1 heterocycles. The maximum absolute atomic E-state index is 13.0. The van der Waals surface area contributed by atoms with Crippen LogP contribution in [0.15, 0.2) is 41.3 Å². The number of carbonyl (C=O) groups excluding carboxylic acids is 1. The van der Waals surface area contributed by atoms with Gasteiger partial charge in [-0.3, -0.25) is 4.79 Å². The lowest BCUT2D eigenvalue weighted by molar-refractivity contribution is 0.0989. The number of para-hydroxylation sites is 1. The first-order chi connectivity index (χ1) is 11.3. The Morgan fingerprint density at radius 1 is 1.17 bits per heavy atom. The maximum Gasteiger partial charge on any atom is 0.258 e. The molecule has 0 bridgehead atoms. The van der Waals surface area contributed by atoms with Crippen molar-refractivity contribution < 1.29 is 13.2 Å². The minimum absolute atomic E-state index is 0.154. The molecule has 0 unspecified atom stereocenters. The van der Waals surface area contributed by atoms with Gasteiger partial charge in [0.1, 0.15) is 0 Å². The molecule has 3 rings (SSSR count). The number of amides is 1. The molecule has 0 spiro atoms. The van der Waals surface area contributed by atoms with Crippen LogP contribution in [-0.2, 0) is 16.4 Å². The zero-order valence-electron chi connectivity index (χ0n) is 14.0. The first-order valence-electron chi connectivity index (χ1n) is 7.79. The number of benzene rings is 2. The van der Waals surface area contributed by atoms with Gasteiger partial charge in [-0.1, -0.05) is 18.2 Å². The third kappa shape index (κ3) is 2.72. The average molecular weight is 344 g/mol. The summed E-state index contributed by atoms with van der Waals surface area (Å²) in [5.41, 5.74) is 3.87. The first kappa shape index (κ1) is 16.7. The third-order valence-corrected chi connectivity index (χ3v) is 6.10. The number of fused-ring (bicyclic) bond motifs is 1. The molecule has 24 heavy (non-hydrogen) atoms. The van der Waals surface area contributed by atoms with E-state index in [0.717, 1.165) is 23.2 Å². The highest BCUT2D eigenvalue weighted by atomic mass is 32.2. The van der Waals surface area contributed by atoms with Crippen molar-refractivity contribution in [2.24, 2.45) is 0 Å². The molecule has 1 aliphatic heterocycles. The Kier molecular flexibility index (Phi) is 4.19. The minimum Gasteiger partial charge on any atom is -0.308 e. The number of hydrogen-bond acceptors (Lipinski definition) is 3. The van der Waals surface area contributed by atoms with E-state index in [2.05, 4.69) is 4.72 Å². The van der Waals surface area contributed by atoms with E-state index in [1.165, 1.54) is 13.1 Å². The molecule has 0 radical (unpaired) electrons. The van der Waals surface area contributed by atoms with Gasteiger partial charge in [0.25, 0.3) is 5.91 Å². The fourth-order valence-electron chi connectivity index (χ4n) is 3.04. The van der Waals surface area contributed by atoms with E-state index in [1.807, 2.05) is 31.2 Å². The number of aryl methyl sites for hydroxylation is 1. The Morgan fingerprint density at radius 3 is 2.58 bits per heavy atom. The predicted molar refractivity (Wildman–Crippen MR) is 94.0 cm³/mol. The summed E-state index contributed by atoms with van der Waals surface area (Å²) in [6.45, 7) is 4.18. The maximum atomic E-state index is 13.0. The third-order valence-electron chi connectivity index (χ3n) is 4.56. The molecular weight excluding hydrogens is 324 g/mol. The molecule has 0 atom stereocenters. The lowest BCUT2D eigenvalue weighted by atomic mass is 10.1. The summed E-state index contributed by atoms with van der Waals surface area (Å²) in [4.78, 5) is 14.8.